The highest BCUT2D eigenvalue weighted by atomic mass is 16.5. The van der Waals surface area contributed by atoms with Gasteiger partial charge in [-0.1, -0.05) is 0 Å². The predicted molar refractivity (Wildman–Crippen MR) is 53.6 cm³/mol. The summed E-state index contributed by atoms with van der Waals surface area (Å²) in [5.74, 6) is 0. The zero-order chi connectivity index (χ0) is 10.7. The van der Waals surface area contributed by atoms with Crippen molar-refractivity contribution in [3.63, 3.8) is 0 Å². The van der Waals surface area contributed by atoms with Crippen molar-refractivity contribution in [3.8, 4) is 0 Å². The number of aromatic nitrogens is 2. The molecule has 14 heavy (non-hydrogen) atoms. The third kappa shape index (κ3) is 2.01. The van der Waals surface area contributed by atoms with Crippen LogP contribution in [0.4, 0.5) is 0 Å². The molecule has 0 bridgehead atoms. The van der Waals surface area contributed by atoms with Gasteiger partial charge >= 0.3 is 0 Å². The average Bonchev–Trinajstić information content (AvgIpc) is 2.42. The molecule has 0 saturated carbocycles. The Morgan fingerprint density at radius 3 is 2.64 bits per heavy atom. The Morgan fingerprint density at radius 1 is 1.57 bits per heavy atom. The van der Waals surface area contributed by atoms with Crippen LogP contribution in [0.2, 0.25) is 0 Å². The fourth-order valence-corrected chi connectivity index (χ4v) is 1.38. The van der Waals surface area contributed by atoms with E-state index < -0.39 is 0 Å². The van der Waals surface area contributed by atoms with Crippen molar-refractivity contribution in [2.45, 2.75) is 33.4 Å². The van der Waals surface area contributed by atoms with E-state index in [4.69, 9.17) is 4.74 Å². The third-order valence-corrected chi connectivity index (χ3v) is 2.39. The summed E-state index contributed by atoms with van der Waals surface area (Å²) in [7, 11) is 1.66. The van der Waals surface area contributed by atoms with E-state index in [9.17, 15) is 4.79 Å². The summed E-state index contributed by atoms with van der Waals surface area (Å²) in [5.41, 5.74) is 2.37. The van der Waals surface area contributed by atoms with Crippen molar-refractivity contribution in [1.82, 2.24) is 9.78 Å². The molecule has 0 aliphatic rings. The van der Waals surface area contributed by atoms with Gasteiger partial charge in [-0.15, -0.1) is 0 Å². The Balaban J connectivity index is 2.93. The van der Waals surface area contributed by atoms with Crippen LogP contribution in [0.1, 0.15) is 28.7 Å². The van der Waals surface area contributed by atoms with E-state index in [1.807, 2.05) is 25.5 Å². The summed E-state index contributed by atoms with van der Waals surface area (Å²) in [6.07, 6.45) is 0.957. The molecule has 1 atom stereocenters. The lowest BCUT2D eigenvalue weighted by molar-refractivity contribution is 0.0990. The summed E-state index contributed by atoms with van der Waals surface area (Å²) in [5, 5.41) is 4.27. The molecule has 0 spiro atoms. The number of ether oxygens (including phenoxy) is 1. The highest BCUT2D eigenvalue weighted by molar-refractivity contribution is 5.77. The molecule has 1 rings (SSSR count). The molecule has 0 aliphatic heterocycles. The number of carbonyl (C=O) groups excluding carboxylic acids is 1. The maximum atomic E-state index is 10.7. The number of aldehydes is 1. The Morgan fingerprint density at radius 2 is 2.21 bits per heavy atom. The van der Waals surface area contributed by atoms with Crippen LogP contribution < -0.4 is 0 Å². The molecular formula is C10H16N2O2. The molecule has 0 fully saturated rings. The number of nitrogens with zero attached hydrogens (tertiary/aromatic N) is 2. The molecule has 0 saturated heterocycles. The average molecular weight is 196 g/mol. The van der Waals surface area contributed by atoms with Gasteiger partial charge in [-0.25, -0.2) is 0 Å². The van der Waals surface area contributed by atoms with Gasteiger partial charge < -0.3 is 4.74 Å². The van der Waals surface area contributed by atoms with Gasteiger partial charge in [-0.05, 0) is 20.8 Å². The summed E-state index contributed by atoms with van der Waals surface area (Å²) in [6.45, 7) is 6.38. The first-order chi connectivity index (χ1) is 6.60. The molecule has 78 valence electrons. The summed E-state index contributed by atoms with van der Waals surface area (Å²) in [6, 6.07) is 0. The molecule has 1 aromatic rings. The van der Waals surface area contributed by atoms with Gasteiger partial charge in [0.1, 0.15) is 0 Å². The van der Waals surface area contributed by atoms with Crippen molar-refractivity contribution in [2.24, 2.45) is 0 Å². The van der Waals surface area contributed by atoms with Gasteiger partial charge in [-0.3, -0.25) is 9.48 Å². The molecule has 0 amide bonds. The maximum Gasteiger partial charge on any atom is 0.153 e. The maximum absolute atomic E-state index is 10.7. The molecule has 0 N–H and O–H groups in total. The number of carbonyl (C=O) groups is 1. The van der Waals surface area contributed by atoms with Gasteiger partial charge in [0.2, 0.25) is 0 Å². The van der Waals surface area contributed by atoms with E-state index in [0.717, 1.165) is 17.7 Å². The van der Waals surface area contributed by atoms with Crippen LogP contribution in [-0.4, -0.2) is 29.3 Å². The minimum atomic E-state index is 0.104. The molecule has 4 nitrogen and oxygen atoms in total. The van der Waals surface area contributed by atoms with E-state index in [1.54, 1.807) is 7.11 Å². The second-order valence-corrected chi connectivity index (χ2v) is 3.43. The van der Waals surface area contributed by atoms with Crippen molar-refractivity contribution < 1.29 is 9.53 Å². The zero-order valence-electron chi connectivity index (χ0n) is 9.07. The van der Waals surface area contributed by atoms with E-state index in [-0.39, 0.29) is 6.10 Å². The largest absolute Gasteiger partial charge is 0.380 e. The van der Waals surface area contributed by atoms with Gasteiger partial charge in [0.25, 0.3) is 0 Å². The summed E-state index contributed by atoms with van der Waals surface area (Å²) >= 11 is 0. The first-order valence-corrected chi connectivity index (χ1v) is 4.62. The van der Waals surface area contributed by atoms with E-state index in [0.29, 0.717) is 12.1 Å². The van der Waals surface area contributed by atoms with E-state index >= 15 is 0 Å². The van der Waals surface area contributed by atoms with Crippen LogP contribution in [0, 0.1) is 13.8 Å². The molecule has 0 aromatic carbocycles. The minimum Gasteiger partial charge on any atom is -0.380 e. The smallest absolute Gasteiger partial charge is 0.153 e. The van der Waals surface area contributed by atoms with Crippen LogP contribution in [0.25, 0.3) is 0 Å². The molecule has 0 radical (unpaired) electrons. The van der Waals surface area contributed by atoms with Crippen LogP contribution in [-0.2, 0) is 11.3 Å². The molecule has 1 heterocycles. The predicted octanol–water partition coefficient (Wildman–Crippen LogP) is 1.35. The summed E-state index contributed by atoms with van der Waals surface area (Å²) < 4.78 is 6.96. The third-order valence-electron chi connectivity index (χ3n) is 2.39. The van der Waals surface area contributed by atoms with Gasteiger partial charge in [0, 0.05) is 12.8 Å². The second-order valence-electron chi connectivity index (χ2n) is 3.43. The topological polar surface area (TPSA) is 44.1 Å². The number of aryl methyl sites for hydroxylation is 1. The normalized spacial score (nSPS) is 12.9. The van der Waals surface area contributed by atoms with E-state index in [1.165, 1.54) is 0 Å². The molecule has 1 aromatic heterocycles. The Bertz CT molecular complexity index is 331. The van der Waals surface area contributed by atoms with Crippen molar-refractivity contribution in [2.75, 3.05) is 7.11 Å². The fraction of sp³-hybridized carbons (Fsp3) is 0.600. The number of methoxy groups -OCH3 is 1. The second kappa shape index (κ2) is 4.37. The first-order valence-electron chi connectivity index (χ1n) is 4.62. The van der Waals surface area contributed by atoms with Crippen molar-refractivity contribution in [3.05, 3.63) is 17.0 Å². The quantitative estimate of drug-likeness (QED) is 0.683. The van der Waals surface area contributed by atoms with Crippen LogP contribution >= 0.6 is 0 Å². The first kappa shape index (κ1) is 10.9. The molecule has 0 aliphatic carbocycles. The van der Waals surface area contributed by atoms with Crippen LogP contribution in [0.3, 0.4) is 0 Å². The van der Waals surface area contributed by atoms with E-state index in [2.05, 4.69) is 5.10 Å². The monoisotopic (exact) mass is 196 g/mol. The minimum absolute atomic E-state index is 0.104. The van der Waals surface area contributed by atoms with Gasteiger partial charge in [0.05, 0.1) is 23.9 Å². The lowest BCUT2D eigenvalue weighted by Gasteiger charge is -2.10. The van der Waals surface area contributed by atoms with Crippen molar-refractivity contribution in [1.29, 1.82) is 0 Å². The zero-order valence-corrected chi connectivity index (χ0v) is 9.07. The fourth-order valence-electron chi connectivity index (χ4n) is 1.38. The lowest BCUT2D eigenvalue weighted by atomic mass is 10.2. The number of hydrogen-bond acceptors (Lipinski definition) is 3. The standard InChI is InChI=1S/C10H16N2O2/c1-7(14-4)5-12-9(3)10(6-13)8(2)11-12/h6-7H,5H2,1-4H3. The Kier molecular flexibility index (Phi) is 3.41. The number of hydrogen-bond donors (Lipinski definition) is 0. The molecule has 4 heteroatoms. The van der Waals surface area contributed by atoms with Crippen molar-refractivity contribution >= 4 is 6.29 Å². The highest BCUT2D eigenvalue weighted by Crippen LogP contribution is 2.11. The van der Waals surface area contributed by atoms with Crippen LogP contribution in [0.5, 0.6) is 0 Å². The highest BCUT2D eigenvalue weighted by Gasteiger charge is 2.12. The van der Waals surface area contributed by atoms with Gasteiger partial charge in [-0.2, -0.15) is 5.10 Å². The van der Waals surface area contributed by atoms with Gasteiger partial charge in [0.15, 0.2) is 6.29 Å². The SMILES string of the molecule is COC(C)Cn1nc(C)c(C=O)c1C. The Labute approximate surface area is 83.9 Å². The number of rotatable bonds is 4. The molecule has 1 unspecified atom stereocenters. The molecular weight excluding hydrogens is 180 g/mol. The lowest BCUT2D eigenvalue weighted by Crippen LogP contribution is -2.16. The summed E-state index contributed by atoms with van der Waals surface area (Å²) in [4.78, 5) is 10.7. The van der Waals surface area contributed by atoms with Crippen LogP contribution in [0.15, 0.2) is 0 Å². The Hall–Kier alpha value is -1.16.